The van der Waals surface area contributed by atoms with Gasteiger partial charge in [0.05, 0.1) is 44.5 Å². The van der Waals surface area contributed by atoms with Crippen molar-refractivity contribution in [2.24, 2.45) is 0 Å². The normalized spacial score (nSPS) is 16.4. The highest BCUT2D eigenvalue weighted by molar-refractivity contribution is 6.09. The van der Waals surface area contributed by atoms with Crippen LogP contribution in [0.15, 0.2) is 194 Å². The minimum absolute atomic E-state index is 0.0342. The predicted molar refractivity (Wildman–Crippen MR) is 311 cm³/mol. The van der Waals surface area contributed by atoms with Gasteiger partial charge in [0, 0.05) is 61.1 Å². The summed E-state index contributed by atoms with van der Waals surface area (Å²) in [5, 5.41) is 8.41. The van der Waals surface area contributed by atoms with E-state index in [0.717, 1.165) is 27.8 Å². The molecule has 73 heavy (non-hydrogen) atoms. The minimum Gasteiger partial charge on any atom is -0.457 e. The molecule has 8 aromatic carbocycles. The van der Waals surface area contributed by atoms with Crippen molar-refractivity contribution in [2.45, 2.75) is 98.2 Å². The molecule has 0 fully saturated rings. The molecule has 0 saturated carbocycles. The van der Waals surface area contributed by atoms with E-state index in [1.54, 1.807) is 60.7 Å². The number of hydrogen-bond acceptors (Lipinski definition) is 4. The zero-order valence-electron chi connectivity index (χ0n) is 61.3. The van der Waals surface area contributed by atoms with E-state index in [-0.39, 0.29) is 39.7 Å². The lowest BCUT2D eigenvalue weighted by molar-refractivity contribution is 0.483. The van der Waals surface area contributed by atoms with Gasteiger partial charge in [0.1, 0.15) is 17.3 Å². The fraction of sp³-hybridized carbons (Fsp3) is 0.221. The van der Waals surface area contributed by atoms with Gasteiger partial charge in [-0.05, 0) is 122 Å². The van der Waals surface area contributed by atoms with E-state index < -0.39 is 108 Å². The lowest BCUT2D eigenvalue weighted by Gasteiger charge is -2.29. The number of fused-ring (bicyclic) bond motifs is 3. The Morgan fingerprint density at radius 1 is 0.534 bits per heavy atom. The van der Waals surface area contributed by atoms with E-state index in [4.69, 9.17) is 23.9 Å². The summed E-state index contributed by atoms with van der Waals surface area (Å²) in [7, 11) is 0. The van der Waals surface area contributed by atoms with Crippen molar-refractivity contribution in [1.29, 1.82) is 0 Å². The smallest absolute Gasteiger partial charge is 0.137 e. The van der Waals surface area contributed by atoms with Gasteiger partial charge in [0.25, 0.3) is 0 Å². The Hall–Kier alpha value is -7.89. The summed E-state index contributed by atoms with van der Waals surface area (Å²) in [4.78, 5) is 4.45. The van der Waals surface area contributed by atoms with E-state index in [1.807, 2.05) is 36.4 Å². The van der Waals surface area contributed by atoms with E-state index >= 15 is 0 Å². The Bertz CT molecular complexity index is 4540. The van der Waals surface area contributed by atoms with Gasteiger partial charge in [-0.1, -0.05) is 191 Å². The van der Waals surface area contributed by atoms with Crippen LogP contribution < -0.4 is 15.4 Å². The Kier molecular flexibility index (Phi) is 8.15. The van der Waals surface area contributed by atoms with Crippen LogP contribution in [-0.2, 0) is 16.2 Å². The zero-order valence-corrected chi connectivity index (χ0v) is 42.3. The van der Waals surface area contributed by atoms with Crippen molar-refractivity contribution < 1.29 is 30.8 Å². The number of nitrogens with one attached hydrogen (secondary N) is 2. The van der Waals surface area contributed by atoms with Crippen LogP contribution in [0.3, 0.4) is 0 Å². The average Bonchev–Trinajstić information content (AvgIpc) is 1.03. The summed E-state index contributed by atoms with van der Waals surface area (Å²) in [6.45, 7) is 11.6. The number of para-hydroxylation sites is 3. The molecule has 0 amide bonds. The first-order chi connectivity index (χ1) is 42.7. The number of pyridine rings is 1. The highest BCUT2D eigenvalue weighted by Gasteiger charge is 2.26. The van der Waals surface area contributed by atoms with Crippen molar-refractivity contribution in [3.05, 3.63) is 216 Å². The fourth-order valence-corrected chi connectivity index (χ4v) is 8.89. The molecule has 0 atom stereocenters. The second-order valence-corrected chi connectivity index (χ2v) is 21.2. The standard InChI is InChI=1S/C68H68N4O/c1-44(2)56-42-64(69-43-59(56)46-25-16-13-17-26-46)72-62-32-21-18-29-54(62)55-34-33-53(41-63(55)72)73-52-28-22-27-51(40-52)70-60-30-19-20-31-61(60)71-65-57(45-23-14-12-15-24-45)38-50(68(9,10)11)39-58(65)47-35-48(66(3,4)5)37-49(36-47)67(6,7)8/h12-44,70-71H,1-11H3/i1D3,2D3,12D,13D,14D,15D,16D,17D,23D,24D,25D,26D,42D,43D,44D. The summed E-state index contributed by atoms with van der Waals surface area (Å²) in [5.74, 6) is -3.63. The summed E-state index contributed by atoms with van der Waals surface area (Å²) >= 11 is 0. The summed E-state index contributed by atoms with van der Waals surface area (Å²) in [6.07, 6.45) is -0.956. The monoisotopic (exact) mass is 976 g/mol. The van der Waals surface area contributed by atoms with Crippen LogP contribution >= 0.6 is 0 Å². The lowest BCUT2D eigenvalue weighted by Crippen LogP contribution is -2.17. The van der Waals surface area contributed by atoms with Gasteiger partial charge in [0.2, 0.25) is 0 Å². The quantitative estimate of drug-likeness (QED) is 0.136. The lowest BCUT2D eigenvalue weighted by atomic mass is 9.77. The highest BCUT2D eigenvalue weighted by Crippen LogP contribution is 2.46. The van der Waals surface area contributed by atoms with Gasteiger partial charge < -0.3 is 15.4 Å². The number of rotatable bonds is 11. The Morgan fingerprint density at radius 2 is 1.10 bits per heavy atom. The maximum absolute atomic E-state index is 9.80. The Labute approximate surface area is 459 Å². The molecule has 10 aromatic rings. The molecule has 0 radical (unpaired) electrons. The minimum atomic E-state index is -3.76. The molecule has 0 bridgehead atoms. The molecule has 366 valence electrons. The third kappa shape index (κ3) is 10.1. The third-order valence-electron chi connectivity index (χ3n) is 12.9. The van der Waals surface area contributed by atoms with Crippen molar-refractivity contribution in [1.82, 2.24) is 9.55 Å². The van der Waals surface area contributed by atoms with Crippen LogP contribution in [0.2, 0.25) is 0 Å². The Morgan fingerprint density at radius 3 is 1.74 bits per heavy atom. The van der Waals surface area contributed by atoms with Gasteiger partial charge in [0.15, 0.2) is 0 Å². The number of benzene rings is 8. The molecule has 2 heterocycles. The predicted octanol–water partition coefficient (Wildman–Crippen LogP) is 19.5. The van der Waals surface area contributed by atoms with Crippen LogP contribution in [0.5, 0.6) is 11.5 Å². The number of nitrogens with zero attached hydrogens (tertiary/aromatic N) is 2. The third-order valence-corrected chi connectivity index (χ3v) is 12.9. The van der Waals surface area contributed by atoms with Crippen LogP contribution in [0.4, 0.5) is 22.7 Å². The molecule has 0 spiro atoms. The maximum atomic E-state index is 9.80. The topological polar surface area (TPSA) is 51.1 Å². The van der Waals surface area contributed by atoms with Gasteiger partial charge >= 0.3 is 0 Å². The fourth-order valence-electron chi connectivity index (χ4n) is 8.89. The average molecular weight is 976 g/mol. The molecular formula is C68H68N4O. The Balaban J connectivity index is 1.11. The van der Waals surface area contributed by atoms with Crippen LogP contribution in [-0.4, -0.2) is 9.55 Å². The number of anilines is 4. The molecule has 0 aliphatic heterocycles. The molecule has 5 heteroatoms. The molecule has 0 aliphatic carbocycles. The van der Waals surface area contributed by atoms with Gasteiger partial charge in [-0.2, -0.15) is 0 Å². The number of ether oxygens (including phenoxy) is 1. The van der Waals surface area contributed by atoms with E-state index in [0.29, 0.717) is 50.4 Å². The first-order valence-corrected chi connectivity index (χ1v) is 24.1. The van der Waals surface area contributed by atoms with Gasteiger partial charge in [-0.15, -0.1) is 0 Å². The highest BCUT2D eigenvalue weighted by atomic mass is 16.5. The first kappa shape index (κ1) is 30.9. The first-order valence-electron chi connectivity index (χ1n) is 33.6. The van der Waals surface area contributed by atoms with Crippen LogP contribution in [0, 0.1) is 0 Å². The van der Waals surface area contributed by atoms with E-state index in [2.05, 4.69) is 102 Å². The summed E-state index contributed by atoms with van der Waals surface area (Å²) in [5.41, 5.74) is 4.17. The molecule has 2 N–H and O–H groups in total. The van der Waals surface area contributed by atoms with Gasteiger partial charge in [-0.25, -0.2) is 4.98 Å². The van der Waals surface area contributed by atoms with Crippen molar-refractivity contribution >= 4 is 44.6 Å². The van der Waals surface area contributed by atoms with Crippen molar-refractivity contribution in [2.75, 3.05) is 10.6 Å². The molecule has 0 aliphatic rings. The molecule has 2 aromatic heterocycles. The molecule has 0 saturated heterocycles. The summed E-state index contributed by atoms with van der Waals surface area (Å²) < 4.78 is 175. The second kappa shape index (κ2) is 19.3. The molecule has 5 nitrogen and oxygen atoms in total. The van der Waals surface area contributed by atoms with Crippen molar-refractivity contribution in [3.63, 3.8) is 0 Å². The second-order valence-electron chi connectivity index (χ2n) is 21.2. The largest absolute Gasteiger partial charge is 0.457 e. The maximum Gasteiger partial charge on any atom is 0.137 e. The SMILES string of the molecule is [2H]c1nc(-n2c3ccccc3c3ccc(Oc4cccc(Nc5ccccc5Nc5c(-c6cc(C(C)(C)C)cc(C(C)(C)C)c6)cc(C(C)(C)C)cc5-c5c([2H])c([2H])c([2H])c([2H])c5[2H])c4)cc32)c([2H])c(C([2H])(C([2H])([2H])[2H])C([2H])([2H])[2H])c1-c1c([2H])c([2H])c([2H])c([2H])c1[2H]. The number of aromatic nitrogens is 2. The van der Waals surface area contributed by atoms with Gasteiger partial charge in [-0.3, -0.25) is 4.57 Å². The molecule has 10 rings (SSSR count). The summed E-state index contributed by atoms with van der Waals surface area (Å²) in [6, 6.07) is 29.5. The molecule has 0 unspecified atom stereocenters. The zero-order chi connectivity index (χ0) is 67.6. The van der Waals surface area contributed by atoms with E-state index in [1.165, 1.54) is 4.57 Å². The number of hydrogen-bond donors (Lipinski definition) is 2. The van der Waals surface area contributed by atoms with E-state index in [9.17, 15) is 6.85 Å². The molecular weight excluding hydrogens is 889 g/mol. The van der Waals surface area contributed by atoms with Crippen LogP contribution in [0.1, 0.15) is 130 Å². The van der Waals surface area contributed by atoms with Crippen molar-refractivity contribution in [3.8, 4) is 50.7 Å². The van der Waals surface area contributed by atoms with Crippen LogP contribution in [0.25, 0.3) is 61.0 Å².